The van der Waals surface area contributed by atoms with Gasteiger partial charge in [0.25, 0.3) is 5.91 Å². The van der Waals surface area contributed by atoms with Crippen molar-refractivity contribution in [1.29, 1.82) is 0 Å². The first-order valence-corrected chi connectivity index (χ1v) is 15.4. The Morgan fingerprint density at radius 1 is 0.976 bits per heavy atom. The summed E-state index contributed by atoms with van der Waals surface area (Å²) in [5.74, 6) is 0.856. The number of anilines is 1. The first-order chi connectivity index (χ1) is 19.8. The van der Waals surface area contributed by atoms with E-state index in [0.717, 1.165) is 58.7 Å². The van der Waals surface area contributed by atoms with E-state index in [1.807, 2.05) is 42.5 Å². The smallest absolute Gasteiger partial charge is 0.307 e. The van der Waals surface area contributed by atoms with Crippen LogP contribution >= 0.6 is 11.8 Å². The van der Waals surface area contributed by atoms with Crippen LogP contribution in [0.3, 0.4) is 0 Å². The predicted octanol–water partition coefficient (Wildman–Crippen LogP) is 8.20. The number of ether oxygens (including phenoxy) is 1. The molecular formula is C35H39NO4S. The van der Waals surface area contributed by atoms with Gasteiger partial charge in [0, 0.05) is 30.2 Å². The number of carbonyl (C=O) groups is 3. The molecule has 4 rings (SSSR count). The Morgan fingerprint density at radius 3 is 2.39 bits per heavy atom. The van der Waals surface area contributed by atoms with Gasteiger partial charge in [-0.1, -0.05) is 68.3 Å². The number of esters is 1. The van der Waals surface area contributed by atoms with Crippen molar-refractivity contribution in [2.75, 3.05) is 11.1 Å². The van der Waals surface area contributed by atoms with Crippen LogP contribution in [0.5, 0.6) is 0 Å². The number of rotatable bonds is 11. The molecule has 0 fully saturated rings. The van der Waals surface area contributed by atoms with Gasteiger partial charge < -0.3 is 10.1 Å². The number of nitrogens with one attached hydrogen (secondary N) is 1. The molecule has 0 aliphatic heterocycles. The Hall–Kier alpha value is -3.64. The topological polar surface area (TPSA) is 72.5 Å². The lowest BCUT2D eigenvalue weighted by Gasteiger charge is -2.28. The van der Waals surface area contributed by atoms with Crippen molar-refractivity contribution in [1.82, 2.24) is 0 Å². The highest BCUT2D eigenvalue weighted by Gasteiger charge is 2.32. The van der Waals surface area contributed by atoms with Crippen LogP contribution in [0.15, 0.2) is 77.4 Å². The largest absolute Gasteiger partial charge is 0.430 e. The summed E-state index contributed by atoms with van der Waals surface area (Å²) in [6.45, 7) is 7.73. The molecular weight excluding hydrogens is 530 g/mol. The van der Waals surface area contributed by atoms with E-state index in [9.17, 15) is 14.4 Å². The molecule has 5 nitrogen and oxygen atoms in total. The predicted molar refractivity (Wildman–Crippen MR) is 167 cm³/mol. The lowest BCUT2D eigenvalue weighted by Crippen LogP contribution is -2.23. The van der Waals surface area contributed by atoms with Crippen molar-refractivity contribution in [3.63, 3.8) is 0 Å². The summed E-state index contributed by atoms with van der Waals surface area (Å²) < 4.78 is 5.76. The molecule has 1 N–H and O–H groups in total. The molecule has 0 bridgehead atoms. The summed E-state index contributed by atoms with van der Waals surface area (Å²) >= 11 is 1.66. The third kappa shape index (κ3) is 7.76. The second-order valence-corrected chi connectivity index (χ2v) is 11.7. The summed E-state index contributed by atoms with van der Waals surface area (Å²) in [6.07, 6.45) is 4.40. The Kier molecular flexibility index (Phi) is 10.6. The number of carbonyl (C=O) groups excluding carboxylic acids is 3. The van der Waals surface area contributed by atoms with Gasteiger partial charge in [-0.25, -0.2) is 0 Å². The Labute approximate surface area is 247 Å². The van der Waals surface area contributed by atoms with Crippen LogP contribution in [0.1, 0.15) is 79.1 Å². The molecule has 214 valence electrons. The van der Waals surface area contributed by atoms with Crippen LogP contribution in [0, 0.1) is 12.8 Å². The number of thioether (sulfide) groups is 1. The Morgan fingerprint density at radius 2 is 1.68 bits per heavy atom. The summed E-state index contributed by atoms with van der Waals surface area (Å²) in [4.78, 5) is 39.6. The fourth-order valence-corrected chi connectivity index (χ4v) is 6.65. The lowest BCUT2D eigenvalue weighted by atomic mass is 9.79. The average molecular weight is 570 g/mol. The molecule has 1 aliphatic carbocycles. The summed E-state index contributed by atoms with van der Waals surface area (Å²) in [5.41, 5.74) is 6.40. The number of ketones is 1. The standard InChI is InChI=1S/C35H39NO4S/c1-5-12-28-20-23(3)19-26(6-2)33(28)34-30(38)21-25(22-31(34)40-24(4)37)17-18-41-32-16-11-10-15-29(32)36-35(39)27-13-8-7-9-14-27/h7-11,13-16,19-20,25H,5-6,12,17-18,21-22H2,1-4H3,(H,36,39). The highest BCUT2D eigenvalue weighted by molar-refractivity contribution is 7.99. The maximum absolute atomic E-state index is 13.7. The summed E-state index contributed by atoms with van der Waals surface area (Å²) in [5, 5.41) is 3.03. The van der Waals surface area contributed by atoms with Crippen LogP contribution in [-0.2, 0) is 27.2 Å². The molecule has 0 saturated carbocycles. The third-order valence-electron chi connectivity index (χ3n) is 7.32. The van der Waals surface area contributed by atoms with Crippen LogP contribution in [0.2, 0.25) is 0 Å². The average Bonchev–Trinajstić information content (AvgIpc) is 2.94. The fourth-order valence-electron chi connectivity index (χ4n) is 5.53. The number of Topliss-reactive ketones (excluding diaryl/α,β-unsaturated/α-hetero) is 1. The minimum absolute atomic E-state index is 0.0499. The maximum Gasteiger partial charge on any atom is 0.307 e. The van der Waals surface area contributed by atoms with Gasteiger partial charge in [-0.2, -0.15) is 0 Å². The Bertz CT molecular complexity index is 1440. The molecule has 0 radical (unpaired) electrons. The number of hydrogen-bond donors (Lipinski definition) is 1. The molecule has 3 aromatic carbocycles. The van der Waals surface area contributed by atoms with Gasteiger partial charge in [0.2, 0.25) is 0 Å². The van der Waals surface area contributed by atoms with E-state index in [1.54, 1.807) is 23.9 Å². The quantitative estimate of drug-likeness (QED) is 0.186. The minimum atomic E-state index is -0.398. The van der Waals surface area contributed by atoms with Gasteiger partial charge in [0.05, 0.1) is 11.3 Å². The SMILES string of the molecule is CCCc1cc(C)cc(CC)c1C1=C(OC(C)=O)CC(CCSc2ccccc2NC(=O)c2ccccc2)CC1=O. The zero-order valence-electron chi connectivity index (χ0n) is 24.4. The number of hydrogen-bond acceptors (Lipinski definition) is 5. The second-order valence-electron chi connectivity index (χ2n) is 10.6. The maximum atomic E-state index is 13.7. The van der Waals surface area contributed by atoms with Crippen molar-refractivity contribution < 1.29 is 19.1 Å². The van der Waals surface area contributed by atoms with Crippen molar-refractivity contribution in [3.8, 4) is 0 Å². The number of aryl methyl sites for hydroxylation is 3. The van der Waals surface area contributed by atoms with Gasteiger partial charge in [0.15, 0.2) is 5.78 Å². The van der Waals surface area contributed by atoms with Gasteiger partial charge in [-0.05, 0) is 78.8 Å². The van der Waals surface area contributed by atoms with Crippen LogP contribution in [-0.4, -0.2) is 23.4 Å². The highest BCUT2D eigenvalue weighted by atomic mass is 32.2. The zero-order chi connectivity index (χ0) is 29.4. The Balaban J connectivity index is 1.52. The molecule has 1 unspecified atom stereocenters. The lowest BCUT2D eigenvalue weighted by molar-refractivity contribution is -0.137. The molecule has 0 spiro atoms. The fraction of sp³-hybridized carbons (Fsp3) is 0.343. The molecule has 0 heterocycles. The van der Waals surface area contributed by atoms with Gasteiger partial charge >= 0.3 is 5.97 Å². The number of allylic oxidation sites excluding steroid dienone is 2. The molecule has 0 aromatic heterocycles. The molecule has 41 heavy (non-hydrogen) atoms. The first kappa shape index (κ1) is 30.3. The van der Waals surface area contributed by atoms with E-state index in [2.05, 4.69) is 38.2 Å². The number of benzene rings is 3. The van der Waals surface area contributed by atoms with Gasteiger partial charge in [-0.3, -0.25) is 14.4 Å². The van der Waals surface area contributed by atoms with E-state index >= 15 is 0 Å². The second kappa shape index (κ2) is 14.3. The van der Waals surface area contributed by atoms with Gasteiger partial charge in [0.1, 0.15) is 5.76 Å². The van der Waals surface area contributed by atoms with Crippen molar-refractivity contribution in [2.45, 2.75) is 71.1 Å². The van der Waals surface area contributed by atoms with E-state index in [4.69, 9.17) is 4.74 Å². The molecule has 1 aliphatic rings. The minimum Gasteiger partial charge on any atom is -0.430 e. The normalized spacial score (nSPS) is 15.1. The first-order valence-electron chi connectivity index (χ1n) is 14.5. The van der Waals surface area contributed by atoms with Gasteiger partial charge in [-0.15, -0.1) is 11.8 Å². The van der Waals surface area contributed by atoms with E-state index < -0.39 is 5.97 Å². The third-order valence-corrected chi connectivity index (χ3v) is 8.43. The zero-order valence-corrected chi connectivity index (χ0v) is 25.2. The molecule has 0 saturated heterocycles. The number of amides is 1. The summed E-state index contributed by atoms with van der Waals surface area (Å²) in [6, 6.07) is 21.2. The van der Waals surface area contributed by atoms with E-state index in [1.165, 1.54) is 12.5 Å². The van der Waals surface area contributed by atoms with E-state index in [0.29, 0.717) is 29.7 Å². The molecule has 1 atom stereocenters. The number of para-hydroxylation sites is 1. The van der Waals surface area contributed by atoms with Crippen LogP contribution < -0.4 is 5.32 Å². The molecule has 3 aromatic rings. The highest BCUT2D eigenvalue weighted by Crippen LogP contribution is 2.40. The summed E-state index contributed by atoms with van der Waals surface area (Å²) in [7, 11) is 0. The van der Waals surface area contributed by atoms with Crippen LogP contribution in [0.25, 0.3) is 5.57 Å². The van der Waals surface area contributed by atoms with Crippen LogP contribution in [0.4, 0.5) is 5.69 Å². The van der Waals surface area contributed by atoms with Crippen molar-refractivity contribution in [3.05, 3.63) is 100 Å². The van der Waals surface area contributed by atoms with E-state index in [-0.39, 0.29) is 17.6 Å². The monoisotopic (exact) mass is 569 g/mol. The van der Waals surface area contributed by atoms with Crippen molar-refractivity contribution >= 4 is 40.7 Å². The van der Waals surface area contributed by atoms with Crippen molar-refractivity contribution in [2.24, 2.45) is 5.92 Å². The molecule has 1 amide bonds. The molecule has 6 heteroatoms.